The molecular weight excluding hydrogens is 1140 g/mol. The molecule has 2 fully saturated rings. The average molecular weight is 1190 g/mol. The van der Waals surface area contributed by atoms with Gasteiger partial charge in [0.25, 0.3) is 0 Å². The Balaban J connectivity index is -0.0000000376. The van der Waals surface area contributed by atoms with E-state index in [2.05, 4.69) is 0 Å². The number of ether oxygens (including phenoxy) is 8. The second kappa shape index (κ2) is 57.8. The van der Waals surface area contributed by atoms with Crippen molar-refractivity contribution in [1.29, 1.82) is 0 Å². The summed E-state index contributed by atoms with van der Waals surface area (Å²) in [5, 5.41) is 0. The van der Waals surface area contributed by atoms with E-state index in [9.17, 15) is 0 Å². The molecule has 0 aliphatic carbocycles. The van der Waals surface area contributed by atoms with E-state index in [-0.39, 0.29) is 109 Å². The molecule has 0 atom stereocenters. The molecular formula is C16H46Cl4Dy2O30+4. The van der Waals surface area contributed by atoms with E-state index in [0.717, 1.165) is 0 Å². The summed E-state index contributed by atoms with van der Waals surface area (Å²) < 4.78 is 178. The smallest absolute Gasteiger partial charge is 0.870 e. The number of rotatable bonds is 0. The fourth-order valence-corrected chi connectivity index (χ4v) is 1.76. The van der Waals surface area contributed by atoms with Gasteiger partial charge >= 0.3 is 76.3 Å². The SMILES string of the molecule is C1COCCOCCOCCO1.C1COCCOCCOCCO1.[Dy+3].[Dy+3].[O-][Cl+3]([O-])([O-])[O-].[O-][Cl+3]([O-])([O-])[O-].[O-][Cl+3]([O-])([O-])[O-].[O-][Cl+3]([O-])([O-])[O-].[OH-].[OH-].[OH3+].[OH3+].[OH3+].[OH3+]. The molecule has 2 aliphatic rings. The van der Waals surface area contributed by atoms with Gasteiger partial charge in [-0.3, -0.25) is 0 Å². The van der Waals surface area contributed by atoms with Crippen molar-refractivity contribution in [3.8, 4) is 0 Å². The summed E-state index contributed by atoms with van der Waals surface area (Å²) in [5.41, 5.74) is 0. The van der Waals surface area contributed by atoms with Gasteiger partial charge < -0.3 is 70.8 Å². The maximum atomic E-state index is 8.49. The average Bonchev–Trinajstić information content (AvgIpc) is 2.76. The molecule has 0 amide bonds. The fraction of sp³-hybridized carbons (Fsp3) is 1.00. The summed E-state index contributed by atoms with van der Waals surface area (Å²) in [5.74, 6) is 0. The van der Waals surface area contributed by atoms with Crippen LogP contribution in [0.1, 0.15) is 0 Å². The summed E-state index contributed by atoms with van der Waals surface area (Å²) in [6.45, 7) is 10.3. The van der Waals surface area contributed by atoms with Crippen LogP contribution in [0.3, 0.4) is 0 Å². The molecule has 0 aromatic heterocycles. The molecule has 0 spiro atoms. The van der Waals surface area contributed by atoms with Crippen LogP contribution in [0.25, 0.3) is 0 Å². The third-order valence-electron chi connectivity index (χ3n) is 2.98. The van der Waals surface area contributed by atoms with Gasteiger partial charge in [-0.15, -0.1) is 41.0 Å². The van der Waals surface area contributed by atoms with Gasteiger partial charge in [-0.2, -0.15) is 0 Å². The molecule has 0 aromatic carbocycles. The number of halogens is 4. The first-order valence-electron chi connectivity index (χ1n) is 11.1. The van der Waals surface area contributed by atoms with Gasteiger partial charge in [0.2, 0.25) is 0 Å². The summed E-state index contributed by atoms with van der Waals surface area (Å²) >= 11 is 0. The Morgan fingerprint density at radius 2 is 0.250 bits per heavy atom. The number of hydrogen-bond acceptors (Lipinski definition) is 26. The second-order valence-corrected chi connectivity index (χ2v) is 9.43. The van der Waals surface area contributed by atoms with Crippen LogP contribution in [-0.2, 0) is 59.8 Å². The molecule has 2 heterocycles. The Kier molecular flexibility index (Phi) is 96.0. The van der Waals surface area contributed by atoms with E-state index < -0.39 is 41.0 Å². The van der Waals surface area contributed by atoms with Crippen molar-refractivity contribution in [2.24, 2.45) is 0 Å². The first-order valence-corrected chi connectivity index (χ1v) is 16.0. The first kappa shape index (κ1) is 86.4. The summed E-state index contributed by atoms with van der Waals surface area (Å²) in [6, 6.07) is 0. The predicted octanol–water partition coefficient (Wildman–Crippen LogP) is -22.9. The van der Waals surface area contributed by atoms with Crippen molar-refractivity contribution in [2.45, 2.75) is 0 Å². The Labute approximate surface area is 365 Å². The molecule has 0 saturated carbocycles. The summed E-state index contributed by atoms with van der Waals surface area (Å²) in [6.07, 6.45) is 0. The summed E-state index contributed by atoms with van der Waals surface area (Å²) in [7, 11) is -19.8. The topological polar surface area (TPSA) is 635 Å². The monoisotopic (exact) mass is 1190 g/mol. The van der Waals surface area contributed by atoms with Gasteiger partial charge in [-0.25, -0.2) is 74.5 Å². The van der Waals surface area contributed by atoms with Gasteiger partial charge in [0, 0.05) is 0 Å². The van der Waals surface area contributed by atoms with E-state index in [1.54, 1.807) is 0 Å². The van der Waals surface area contributed by atoms with E-state index in [0.29, 0.717) is 106 Å². The molecule has 14 N–H and O–H groups in total. The maximum absolute atomic E-state index is 8.49. The molecule has 2 aliphatic heterocycles. The van der Waals surface area contributed by atoms with Crippen LogP contribution < -0.4 is 74.5 Å². The molecule has 0 unspecified atom stereocenters. The fourth-order valence-electron chi connectivity index (χ4n) is 1.76. The van der Waals surface area contributed by atoms with Crippen LogP contribution in [0, 0.1) is 117 Å². The van der Waals surface area contributed by atoms with Crippen molar-refractivity contribution >= 4 is 0 Å². The van der Waals surface area contributed by atoms with E-state index in [1.165, 1.54) is 0 Å². The van der Waals surface area contributed by atoms with Gasteiger partial charge in [-0.05, 0) is 0 Å². The minimum atomic E-state index is -4.94. The molecule has 30 nitrogen and oxygen atoms in total. The first-order chi connectivity index (χ1) is 20.0. The largest absolute Gasteiger partial charge is 3.00 e. The quantitative estimate of drug-likeness (QED) is 0.203. The molecule has 52 heavy (non-hydrogen) atoms. The standard InChI is InChI=1S/2C8H16O4.4ClHO4.2Dy.6H2O/c2*1-2-10-5-6-12-8-7-11-4-3-9-1;4*2-1(3,4)5;;;;;;;;/h2*1-8H2;4*(H,2,3,4,5);;;6*1H2/q;;;;;;2*+3;;;;;;/p-2. The number of hydrogen-bond donors (Lipinski definition) is 0. The van der Waals surface area contributed by atoms with E-state index >= 15 is 0 Å². The van der Waals surface area contributed by atoms with Crippen LogP contribution in [0.5, 0.6) is 0 Å². The molecule has 334 valence electrons. The van der Waals surface area contributed by atoms with Crippen LogP contribution in [0.4, 0.5) is 0 Å². The molecule has 2 saturated heterocycles. The van der Waals surface area contributed by atoms with Crippen molar-refractivity contribution < 1.29 is 263 Å². The molecule has 2 rings (SSSR count). The molecule has 36 heteroatoms. The van der Waals surface area contributed by atoms with E-state index in [1.807, 2.05) is 0 Å². The summed E-state index contributed by atoms with van der Waals surface area (Å²) in [4.78, 5) is 0. The Hall–Kier alpha value is 2.51. The second-order valence-electron chi connectivity index (χ2n) is 6.41. The zero-order valence-electron chi connectivity index (χ0n) is 26.5. The van der Waals surface area contributed by atoms with Crippen molar-refractivity contribution in [2.75, 3.05) is 106 Å². The van der Waals surface area contributed by atoms with Crippen LogP contribution in [0.15, 0.2) is 0 Å². The molecule has 2 radical (unpaired) electrons. The van der Waals surface area contributed by atoms with Crippen molar-refractivity contribution in [1.82, 2.24) is 0 Å². The Bertz CT molecular complexity index is 391. The van der Waals surface area contributed by atoms with Gasteiger partial charge in [-0.1, -0.05) is 0 Å². The van der Waals surface area contributed by atoms with Crippen LogP contribution in [0.2, 0.25) is 0 Å². The van der Waals surface area contributed by atoms with Crippen LogP contribution >= 0.6 is 0 Å². The minimum absolute atomic E-state index is 0. The predicted molar refractivity (Wildman–Crippen MR) is 110 cm³/mol. The third kappa shape index (κ3) is 198. The maximum Gasteiger partial charge on any atom is 3.00 e. The zero-order valence-corrected chi connectivity index (χ0v) is 33.5. The van der Waals surface area contributed by atoms with Crippen molar-refractivity contribution in [3.05, 3.63) is 0 Å². The van der Waals surface area contributed by atoms with Crippen LogP contribution in [-0.4, -0.2) is 117 Å². The van der Waals surface area contributed by atoms with Gasteiger partial charge in [0.15, 0.2) is 0 Å². The zero-order chi connectivity index (χ0) is 35.0. The Morgan fingerprint density at radius 3 is 0.288 bits per heavy atom. The molecule has 0 bridgehead atoms. The normalized spacial score (nSPS) is 15.7. The molecule has 0 aromatic rings. The van der Waals surface area contributed by atoms with Crippen molar-refractivity contribution in [3.63, 3.8) is 0 Å². The van der Waals surface area contributed by atoms with E-state index in [4.69, 9.17) is 112 Å². The third-order valence-corrected chi connectivity index (χ3v) is 2.98. The minimum Gasteiger partial charge on any atom is -0.870 e. The Morgan fingerprint density at radius 1 is 0.212 bits per heavy atom. The van der Waals surface area contributed by atoms with Gasteiger partial charge in [0.1, 0.15) is 0 Å². The van der Waals surface area contributed by atoms with Gasteiger partial charge in [0.05, 0.1) is 106 Å².